The summed E-state index contributed by atoms with van der Waals surface area (Å²) in [6, 6.07) is 0. The largest absolute Gasteiger partial charge is 0.479 e. The topological polar surface area (TPSA) is 126 Å². The molecule has 4 N–H and O–H groups in total. The van der Waals surface area contributed by atoms with E-state index in [1.165, 1.54) is 22.5 Å². The number of carbonyl (C=O) groups is 1. The predicted octanol–water partition coefficient (Wildman–Crippen LogP) is -1.13. The van der Waals surface area contributed by atoms with Crippen LogP contribution in [0.15, 0.2) is 11.3 Å². The number of hydrogen-bond acceptors (Lipinski definition) is 5. The Kier molecular flexibility index (Phi) is 4.24. The van der Waals surface area contributed by atoms with E-state index >= 15 is 0 Å². The molecule has 0 aliphatic carbocycles. The van der Waals surface area contributed by atoms with Crippen LogP contribution in [0.25, 0.3) is 0 Å². The Balaban J connectivity index is 2.48. The summed E-state index contributed by atoms with van der Waals surface area (Å²) >= 11 is 0. The van der Waals surface area contributed by atoms with Gasteiger partial charge < -0.3 is 20.7 Å². The van der Waals surface area contributed by atoms with Crippen LogP contribution in [0.2, 0.25) is 0 Å². The lowest BCUT2D eigenvalue weighted by Crippen LogP contribution is -2.34. The average molecular weight is 314 g/mol. The zero-order chi connectivity index (χ0) is 16.6. The van der Waals surface area contributed by atoms with E-state index < -0.39 is 30.6 Å². The second-order valence-corrected chi connectivity index (χ2v) is 4.85. The number of aliphatic imine (C=N–C) groups is 1. The number of nitrogens with zero attached hydrogens (tertiary/aromatic N) is 4. The minimum Gasteiger partial charge on any atom is -0.479 e. The van der Waals surface area contributed by atoms with Crippen LogP contribution in [0.3, 0.4) is 0 Å². The van der Waals surface area contributed by atoms with Crippen LogP contribution < -0.4 is 5.73 Å². The van der Waals surface area contributed by atoms with Crippen molar-refractivity contribution in [2.75, 3.05) is 14.1 Å². The fourth-order valence-corrected chi connectivity index (χ4v) is 2.27. The Morgan fingerprint density at radius 1 is 1.68 bits per heavy atom. The lowest BCUT2D eigenvalue weighted by atomic mass is 10.1. The van der Waals surface area contributed by atoms with Crippen molar-refractivity contribution in [2.24, 2.45) is 10.7 Å². The highest BCUT2D eigenvalue weighted by Gasteiger charge is 2.52. The molecule has 9 nitrogen and oxygen atoms in total. The molecular formula is C12H17FN5O4+. The highest BCUT2D eigenvalue weighted by Crippen LogP contribution is 2.35. The number of imidazole rings is 1. The molecule has 2 heterocycles. The van der Waals surface area contributed by atoms with Gasteiger partial charge in [0, 0.05) is 7.05 Å². The third kappa shape index (κ3) is 2.46. The van der Waals surface area contributed by atoms with Crippen molar-refractivity contribution in [3.63, 3.8) is 0 Å². The van der Waals surface area contributed by atoms with Gasteiger partial charge in [-0.1, -0.05) is 0 Å². The van der Waals surface area contributed by atoms with Crippen molar-refractivity contribution in [3.8, 4) is 0 Å². The van der Waals surface area contributed by atoms with Crippen molar-refractivity contribution in [1.29, 1.82) is 0 Å². The zero-order valence-corrected chi connectivity index (χ0v) is 12.0. The molecule has 2 rings (SSSR count). The second kappa shape index (κ2) is 5.81. The van der Waals surface area contributed by atoms with Gasteiger partial charge in [0.1, 0.15) is 6.10 Å². The Bertz CT molecular complexity index is 643. The number of nitrogens with two attached hydrogens (primary N) is 1. The van der Waals surface area contributed by atoms with E-state index in [1.54, 1.807) is 7.05 Å². The van der Waals surface area contributed by atoms with Gasteiger partial charge >= 0.3 is 11.8 Å². The van der Waals surface area contributed by atoms with Gasteiger partial charge in [-0.3, -0.25) is 4.99 Å². The number of aromatic nitrogens is 2. The van der Waals surface area contributed by atoms with Crippen LogP contribution in [0.4, 0.5) is 10.2 Å². The molecule has 120 valence electrons. The van der Waals surface area contributed by atoms with E-state index in [2.05, 4.69) is 16.7 Å². The molecule has 4 atom stereocenters. The van der Waals surface area contributed by atoms with Gasteiger partial charge in [0.15, 0.2) is 30.1 Å². The van der Waals surface area contributed by atoms with E-state index in [9.17, 15) is 14.3 Å². The molecule has 0 spiro atoms. The number of rotatable bonds is 4. The van der Waals surface area contributed by atoms with Crippen LogP contribution >= 0.6 is 0 Å². The maximum atomic E-state index is 14.2. The van der Waals surface area contributed by atoms with Crippen LogP contribution in [-0.2, 0) is 9.53 Å². The highest BCUT2D eigenvalue weighted by atomic mass is 19.1. The summed E-state index contributed by atoms with van der Waals surface area (Å²) in [6.07, 6.45) is -5.51. The average Bonchev–Trinajstić information content (AvgIpc) is 3.01. The quantitative estimate of drug-likeness (QED) is 0.367. The number of aliphatic hydroxyl groups is 1. The molecule has 0 saturated carbocycles. The molecule has 0 bridgehead atoms. The highest BCUT2D eigenvalue weighted by molar-refractivity contribution is 5.98. The van der Waals surface area contributed by atoms with Crippen molar-refractivity contribution >= 4 is 24.3 Å². The normalized spacial score (nSPS) is 28.8. The van der Waals surface area contributed by atoms with Crippen molar-refractivity contribution in [2.45, 2.75) is 24.6 Å². The monoisotopic (exact) mass is 314 g/mol. The molecule has 22 heavy (non-hydrogen) atoms. The first-order valence-electron chi connectivity index (χ1n) is 6.33. The van der Waals surface area contributed by atoms with Gasteiger partial charge in [0.05, 0.1) is 13.8 Å². The van der Waals surface area contributed by atoms with Crippen LogP contribution in [-0.4, -0.2) is 75.3 Å². The van der Waals surface area contributed by atoms with Gasteiger partial charge in [-0.15, -0.1) is 0 Å². The van der Waals surface area contributed by atoms with Gasteiger partial charge in [0.2, 0.25) is 6.23 Å². The summed E-state index contributed by atoms with van der Waals surface area (Å²) < 4.78 is 21.9. The molecule has 10 heteroatoms. The van der Waals surface area contributed by atoms with Gasteiger partial charge in [-0.25, -0.2) is 18.7 Å². The van der Waals surface area contributed by atoms with Gasteiger partial charge in [-0.2, -0.15) is 4.57 Å². The fourth-order valence-electron chi connectivity index (χ4n) is 2.27. The lowest BCUT2D eigenvalue weighted by molar-refractivity contribution is -0.403. The number of ether oxygens (including phenoxy) is 1. The summed E-state index contributed by atoms with van der Waals surface area (Å²) in [5, 5.41) is 18.6. The number of carboxylic acids is 1. The summed E-state index contributed by atoms with van der Waals surface area (Å²) in [6.45, 7) is 3.69. The van der Waals surface area contributed by atoms with Crippen molar-refractivity contribution in [1.82, 2.24) is 9.55 Å². The Hall–Kier alpha value is -2.33. The first-order chi connectivity index (χ1) is 10.3. The molecular weight excluding hydrogens is 297 g/mol. The van der Waals surface area contributed by atoms with E-state index in [0.717, 1.165) is 0 Å². The van der Waals surface area contributed by atoms with E-state index in [-0.39, 0.29) is 17.3 Å². The molecule has 1 aliphatic rings. The third-order valence-corrected chi connectivity index (χ3v) is 3.33. The van der Waals surface area contributed by atoms with E-state index in [1.807, 2.05) is 0 Å². The first-order valence-corrected chi connectivity index (χ1v) is 6.33. The number of alkyl halides is 1. The standard InChI is InChI=1S/C12H16FN5O4/c1-15-9(14)6-10(17(2)3)18(4-16-6)11-5(13)7(19)8(22-11)12(20)21/h4-5,7-8,11,19H,2H2,1,3H3,(H2-,14,15,20,21)/p+1. The Labute approximate surface area is 125 Å². The van der Waals surface area contributed by atoms with E-state index in [0.29, 0.717) is 0 Å². The maximum absolute atomic E-state index is 14.2. The minimum atomic E-state index is -1.94. The summed E-state index contributed by atoms with van der Waals surface area (Å²) in [7, 11) is 3.04. The first kappa shape index (κ1) is 16.0. The Morgan fingerprint density at radius 3 is 2.77 bits per heavy atom. The lowest BCUT2D eigenvalue weighted by Gasteiger charge is -2.11. The number of aliphatic carboxylic acids is 1. The van der Waals surface area contributed by atoms with Crippen LogP contribution in [0, 0.1) is 0 Å². The van der Waals surface area contributed by atoms with Crippen molar-refractivity contribution < 1.29 is 28.7 Å². The van der Waals surface area contributed by atoms with Crippen LogP contribution in [0.5, 0.6) is 0 Å². The van der Waals surface area contributed by atoms with Gasteiger partial charge in [0.25, 0.3) is 0 Å². The van der Waals surface area contributed by atoms with Crippen molar-refractivity contribution in [3.05, 3.63) is 12.0 Å². The second-order valence-electron chi connectivity index (χ2n) is 4.85. The molecule has 1 saturated heterocycles. The molecule has 1 fully saturated rings. The number of hydrogen-bond donors (Lipinski definition) is 3. The third-order valence-electron chi connectivity index (χ3n) is 3.33. The van der Waals surface area contributed by atoms with Crippen LogP contribution in [0.1, 0.15) is 11.9 Å². The maximum Gasteiger partial charge on any atom is 0.335 e. The molecule has 0 aromatic carbocycles. The number of aliphatic hydroxyl groups excluding tert-OH is 1. The summed E-state index contributed by atoms with van der Waals surface area (Å²) in [5.41, 5.74) is 5.98. The molecule has 1 aromatic rings. The smallest absolute Gasteiger partial charge is 0.335 e. The molecule has 1 aliphatic heterocycles. The number of carboxylic acid groups (broad SMARTS) is 1. The molecule has 4 unspecified atom stereocenters. The fraction of sp³-hybridized carbons (Fsp3) is 0.500. The molecule has 1 aromatic heterocycles. The predicted molar refractivity (Wildman–Crippen MR) is 74.3 cm³/mol. The van der Waals surface area contributed by atoms with E-state index in [4.69, 9.17) is 15.6 Å². The molecule has 0 amide bonds. The SMILES string of the molecule is C=[N+](C)c1c(C(N)=NC)ncn1C1OC(C(=O)O)C(O)C1F. The number of halogens is 1. The summed E-state index contributed by atoms with van der Waals surface area (Å²) in [4.78, 5) is 18.8. The zero-order valence-electron chi connectivity index (χ0n) is 12.0. The summed E-state index contributed by atoms with van der Waals surface area (Å²) in [5.74, 6) is -1.06. The molecule has 0 radical (unpaired) electrons. The van der Waals surface area contributed by atoms with Gasteiger partial charge in [-0.05, 0) is 0 Å². The minimum absolute atomic E-state index is 0.105. The number of amidine groups is 1. The Morgan fingerprint density at radius 2 is 2.32 bits per heavy atom.